The standard InChI is InChI=1S/C16H20N6O2/c23-14(18-16(24)17-10-12-6-2-1-3-7-12)11-22-15(19-20-21-22)13-8-4-5-9-13/h1-3,6-7,13H,4-5,8-11H2,(H2,17,18,23,24). The Balaban J connectivity index is 1.49. The quantitative estimate of drug-likeness (QED) is 0.863. The molecular weight excluding hydrogens is 308 g/mol. The summed E-state index contributed by atoms with van der Waals surface area (Å²) < 4.78 is 1.48. The van der Waals surface area contributed by atoms with Gasteiger partial charge in [0.15, 0.2) is 5.82 Å². The fourth-order valence-electron chi connectivity index (χ4n) is 2.93. The highest BCUT2D eigenvalue weighted by Gasteiger charge is 2.24. The molecule has 1 heterocycles. The van der Waals surface area contributed by atoms with Crippen molar-refractivity contribution >= 4 is 11.9 Å². The molecule has 1 aliphatic carbocycles. The summed E-state index contributed by atoms with van der Waals surface area (Å²) >= 11 is 0. The molecule has 126 valence electrons. The summed E-state index contributed by atoms with van der Waals surface area (Å²) in [6, 6.07) is 8.96. The lowest BCUT2D eigenvalue weighted by Crippen LogP contribution is -2.41. The zero-order valence-electron chi connectivity index (χ0n) is 13.3. The summed E-state index contributed by atoms with van der Waals surface area (Å²) in [5.41, 5.74) is 0.962. The molecule has 24 heavy (non-hydrogen) atoms. The maximum atomic E-state index is 12.0. The third-order valence-electron chi connectivity index (χ3n) is 4.12. The topological polar surface area (TPSA) is 102 Å². The average Bonchev–Trinajstić information content (AvgIpc) is 3.25. The minimum Gasteiger partial charge on any atom is -0.334 e. The lowest BCUT2D eigenvalue weighted by molar-refractivity contribution is -0.120. The van der Waals surface area contributed by atoms with Gasteiger partial charge in [-0.15, -0.1) is 5.10 Å². The Kier molecular flexibility index (Phi) is 5.15. The van der Waals surface area contributed by atoms with Crippen LogP contribution < -0.4 is 10.6 Å². The number of carbonyl (C=O) groups excluding carboxylic acids is 2. The Morgan fingerprint density at radius 1 is 1.17 bits per heavy atom. The van der Waals surface area contributed by atoms with Crippen molar-refractivity contribution in [3.63, 3.8) is 0 Å². The fraction of sp³-hybridized carbons (Fsp3) is 0.438. The number of hydrogen-bond acceptors (Lipinski definition) is 5. The number of nitrogens with one attached hydrogen (secondary N) is 2. The SMILES string of the molecule is O=C(Cn1nnnc1C1CCCC1)NC(=O)NCc1ccccc1. The summed E-state index contributed by atoms with van der Waals surface area (Å²) in [5, 5.41) is 16.5. The van der Waals surface area contributed by atoms with E-state index in [1.165, 1.54) is 4.68 Å². The number of tetrazole rings is 1. The Hall–Kier alpha value is -2.77. The summed E-state index contributed by atoms with van der Waals surface area (Å²) in [6.07, 6.45) is 4.40. The number of amides is 3. The van der Waals surface area contributed by atoms with Crippen molar-refractivity contribution in [2.24, 2.45) is 0 Å². The second-order valence-corrected chi connectivity index (χ2v) is 5.89. The highest BCUT2D eigenvalue weighted by atomic mass is 16.2. The predicted molar refractivity (Wildman–Crippen MR) is 85.8 cm³/mol. The number of aromatic nitrogens is 4. The maximum absolute atomic E-state index is 12.0. The number of imide groups is 1. The molecule has 0 saturated heterocycles. The number of urea groups is 1. The van der Waals surface area contributed by atoms with Gasteiger partial charge >= 0.3 is 6.03 Å². The molecule has 0 atom stereocenters. The molecule has 1 aromatic heterocycles. The van der Waals surface area contributed by atoms with Crippen molar-refractivity contribution in [3.05, 3.63) is 41.7 Å². The summed E-state index contributed by atoms with van der Waals surface area (Å²) in [5.74, 6) is 0.596. The van der Waals surface area contributed by atoms with Crippen LogP contribution in [0.15, 0.2) is 30.3 Å². The van der Waals surface area contributed by atoms with Crippen LogP contribution in [0.25, 0.3) is 0 Å². The second-order valence-electron chi connectivity index (χ2n) is 5.89. The minimum absolute atomic E-state index is 0.0579. The average molecular weight is 328 g/mol. The van der Waals surface area contributed by atoms with Gasteiger partial charge in [0.2, 0.25) is 5.91 Å². The number of benzene rings is 1. The molecule has 2 aromatic rings. The van der Waals surface area contributed by atoms with Crippen LogP contribution in [0.5, 0.6) is 0 Å². The van der Waals surface area contributed by atoms with E-state index in [0.29, 0.717) is 12.5 Å². The predicted octanol–water partition coefficient (Wildman–Crippen LogP) is 1.36. The van der Waals surface area contributed by atoms with Crippen LogP contribution in [0, 0.1) is 0 Å². The Bertz CT molecular complexity index is 694. The van der Waals surface area contributed by atoms with Gasteiger partial charge in [0.1, 0.15) is 6.54 Å². The van der Waals surface area contributed by atoms with Crippen molar-refractivity contribution in [2.75, 3.05) is 0 Å². The zero-order chi connectivity index (χ0) is 16.8. The molecule has 1 saturated carbocycles. The van der Waals surface area contributed by atoms with Crippen molar-refractivity contribution in [2.45, 2.75) is 44.7 Å². The van der Waals surface area contributed by atoms with Crippen molar-refractivity contribution < 1.29 is 9.59 Å². The molecule has 8 heteroatoms. The van der Waals surface area contributed by atoms with Crippen LogP contribution in [-0.2, 0) is 17.9 Å². The van der Waals surface area contributed by atoms with Crippen LogP contribution in [0.3, 0.4) is 0 Å². The van der Waals surface area contributed by atoms with Crippen molar-refractivity contribution in [1.82, 2.24) is 30.8 Å². The Morgan fingerprint density at radius 2 is 1.92 bits per heavy atom. The monoisotopic (exact) mass is 328 g/mol. The molecule has 2 N–H and O–H groups in total. The van der Waals surface area contributed by atoms with Gasteiger partial charge < -0.3 is 5.32 Å². The Morgan fingerprint density at radius 3 is 2.67 bits per heavy atom. The fourth-order valence-corrected chi connectivity index (χ4v) is 2.93. The smallest absolute Gasteiger partial charge is 0.321 e. The van der Waals surface area contributed by atoms with E-state index in [1.54, 1.807) is 0 Å². The zero-order valence-corrected chi connectivity index (χ0v) is 13.3. The van der Waals surface area contributed by atoms with Crippen LogP contribution in [0.2, 0.25) is 0 Å². The largest absolute Gasteiger partial charge is 0.334 e. The first kappa shape index (κ1) is 16.1. The summed E-state index contributed by atoms with van der Waals surface area (Å²) in [6.45, 7) is 0.301. The first-order valence-corrected chi connectivity index (χ1v) is 8.10. The third-order valence-corrected chi connectivity index (χ3v) is 4.12. The van der Waals surface area contributed by atoms with Crippen LogP contribution in [0.4, 0.5) is 4.79 Å². The van der Waals surface area contributed by atoms with E-state index >= 15 is 0 Å². The maximum Gasteiger partial charge on any atom is 0.321 e. The van der Waals surface area contributed by atoms with E-state index in [2.05, 4.69) is 26.2 Å². The molecule has 3 amide bonds. The number of hydrogen-bond donors (Lipinski definition) is 2. The molecule has 1 aliphatic rings. The van der Waals surface area contributed by atoms with Gasteiger partial charge in [-0.05, 0) is 28.8 Å². The minimum atomic E-state index is -0.528. The first-order chi connectivity index (χ1) is 11.7. The van der Waals surface area contributed by atoms with E-state index in [-0.39, 0.29) is 6.54 Å². The van der Waals surface area contributed by atoms with Gasteiger partial charge in [0, 0.05) is 12.5 Å². The molecule has 0 spiro atoms. The molecule has 0 bridgehead atoms. The van der Waals surface area contributed by atoms with Gasteiger partial charge in [0.25, 0.3) is 0 Å². The van der Waals surface area contributed by atoms with Crippen molar-refractivity contribution in [1.29, 1.82) is 0 Å². The van der Waals surface area contributed by atoms with Crippen molar-refractivity contribution in [3.8, 4) is 0 Å². The van der Waals surface area contributed by atoms with Crippen LogP contribution in [0.1, 0.15) is 43.0 Å². The van der Waals surface area contributed by atoms with Crippen LogP contribution >= 0.6 is 0 Å². The van der Waals surface area contributed by atoms with E-state index in [1.807, 2.05) is 30.3 Å². The molecule has 0 radical (unpaired) electrons. The second kappa shape index (κ2) is 7.67. The number of rotatable bonds is 5. The molecule has 0 aliphatic heterocycles. The van der Waals surface area contributed by atoms with Gasteiger partial charge in [-0.3, -0.25) is 10.1 Å². The summed E-state index contributed by atoms with van der Waals surface area (Å²) in [4.78, 5) is 23.8. The van der Waals surface area contributed by atoms with E-state index in [0.717, 1.165) is 37.1 Å². The van der Waals surface area contributed by atoms with E-state index < -0.39 is 11.9 Å². The van der Waals surface area contributed by atoms with Gasteiger partial charge in [-0.25, -0.2) is 9.48 Å². The third kappa shape index (κ3) is 4.15. The molecule has 8 nitrogen and oxygen atoms in total. The van der Waals surface area contributed by atoms with E-state index in [4.69, 9.17) is 0 Å². The molecule has 1 fully saturated rings. The molecule has 3 rings (SSSR count). The first-order valence-electron chi connectivity index (χ1n) is 8.10. The Labute approximate surface area is 139 Å². The highest BCUT2D eigenvalue weighted by molar-refractivity contribution is 5.94. The number of carbonyl (C=O) groups is 2. The lowest BCUT2D eigenvalue weighted by Gasteiger charge is -2.10. The van der Waals surface area contributed by atoms with Gasteiger partial charge in [-0.2, -0.15) is 0 Å². The summed E-state index contributed by atoms with van der Waals surface area (Å²) in [7, 11) is 0. The highest BCUT2D eigenvalue weighted by Crippen LogP contribution is 2.32. The molecule has 1 aromatic carbocycles. The molecular formula is C16H20N6O2. The van der Waals surface area contributed by atoms with E-state index in [9.17, 15) is 9.59 Å². The van der Waals surface area contributed by atoms with Gasteiger partial charge in [0.05, 0.1) is 0 Å². The normalized spacial score (nSPS) is 14.5. The van der Waals surface area contributed by atoms with Gasteiger partial charge in [-0.1, -0.05) is 43.2 Å². The lowest BCUT2D eigenvalue weighted by atomic mass is 10.1. The van der Waals surface area contributed by atoms with Crippen LogP contribution in [-0.4, -0.2) is 32.1 Å². The number of nitrogens with zero attached hydrogens (tertiary/aromatic N) is 4. The molecule has 0 unspecified atom stereocenters.